The van der Waals surface area contributed by atoms with Gasteiger partial charge in [-0.05, 0) is 30.9 Å². The summed E-state index contributed by atoms with van der Waals surface area (Å²) >= 11 is 0. The zero-order chi connectivity index (χ0) is 19.1. The highest BCUT2D eigenvalue weighted by atomic mass is 16.5. The van der Waals surface area contributed by atoms with Crippen LogP contribution >= 0.6 is 0 Å². The second-order valence-electron chi connectivity index (χ2n) is 8.56. The first-order chi connectivity index (χ1) is 12.1. The molecule has 26 heavy (non-hydrogen) atoms. The Morgan fingerprint density at radius 2 is 2.08 bits per heavy atom. The highest BCUT2D eigenvalue weighted by Crippen LogP contribution is 2.38. The molecule has 1 N–H and O–H groups in total. The van der Waals surface area contributed by atoms with E-state index in [0.29, 0.717) is 24.7 Å². The van der Waals surface area contributed by atoms with Gasteiger partial charge >= 0.3 is 0 Å². The smallest absolute Gasteiger partial charge is 0.226 e. The lowest BCUT2D eigenvalue weighted by molar-refractivity contribution is -0.117. The van der Waals surface area contributed by atoms with Crippen LogP contribution in [0, 0.1) is 19.3 Å². The van der Waals surface area contributed by atoms with Crippen molar-refractivity contribution in [3.63, 3.8) is 0 Å². The molecule has 6 nitrogen and oxygen atoms in total. The van der Waals surface area contributed by atoms with Crippen LogP contribution in [0.5, 0.6) is 0 Å². The zero-order valence-corrected chi connectivity index (χ0v) is 16.5. The van der Waals surface area contributed by atoms with Crippen LogP contribution in [0.2, 0.25) is 0 Å². The molecule has 140 valence electrons. The summed E-state index contributed by atoms with van der Waals surface area (Å²) in [7, 11) is 0. The van der Waals surface area contributed by atoms with E-state index in [0.717, 1.165) is 34.9 Å². The third-order valence-electron chi connectivity index (χ3n) is 4.50. The van der Waals surface area contributed by atoms with Crippen molar-refractivity contribution in [3.05, 3.63) is 34.8 Å². The second kappa shape index (κ2) is 6.74. The number of fused-ring (bicyclic) bond motifs is 1. The molecule has 0 unspecified atom stereocenters. The zero-order valence-electron chi connectivity index (χ0n) is 16.5. The molecule has 1 aliphatic rings. The molecule has 0 radical (unpaired) electrons. The Labute approximate surface area is 155 Å². The summed E-state index contributed by atoms with van der Waals surface area (Å²) in [6.45, 7) is 13.8. The molecule has 3 heterocycles. The minimum atomic E-state index is -0.0476. The maximum absolute atomic E-state index is 12.3. The van der Waals surface area contributed by atoms with Crippen LogP contribution < -0.4 is 10.2 Å². The summed E-state index contributed by atoms with van der Waals surface area (Å²) in [5.74, 6) is 1.82. The fourth-order valence-corrected chi connectivity index (χ4v) is 3.36. The number of hydrogen-bond acceptors (Lipinski definition) is 5. The van der Waals surface area contributed by atoms with Gasteiger partial charge in [0.05, 0.1) is 23.6 Å². The second-order valence-corrected chi connectivity index (χ2v) is 8.56. The molecule has 0 saturated heterocycles. The maximum atomic E-state index is 12.3. The summed E-state index contributed by atoms with van der Waals surface area (Å²) in [5.41, 5.74) is 3.95. The van der Waals surface area contributed by atoms with Gasteiger partial charge < -0.3 is 14.7 Å². The predicted molar refractivity (Wildman–Crippen MR) is 102 cm³/mol. The topological polar surface area (TPSA) is 71.3 Å². The normalized spacial score (nSPS) is 16.7. The van der Waals surface area contributed by atoms with Crippen molar-refractivity contribution in [2.24, 2.45) is 5.41 Å². The molecule has 1 amide bonds. The number of rotatable bonds is 4. The van der Waals surface area contributed by atoms with Crippen LogP contribution in [-0.2, 0) is 11.3 Å². The van der Waals surface area contributed by atoms with Gasteiger partial charge in [-0.15, -0.1) is 0 Å². The molecule has 1 aliphatic heterocycles. The van der Waals surface area contributed by atoms with Gasteiger partial charge in [0.2, 0.25) is 5.91 Å². The van der Waals surface area contributed by atoms with Gasteiger partial charge in [0.25, 0.3) is 0 Å². The van der Waals surface area contributed by atoms with Crippen molar-refractivity contribution < 1.29 is 9.32 Å². The molecule has 1 atom stereocenters. The van der Waals surface area contributed by atoms with Gasteiger partial charge in [0.15, 0.2) is 5.76 Å². The first-order valence-electron chi connectivity index (χ1n) is 9.11. The molecular weight excluding hydrogens is 328 g/mol. The number of carbonyl (C=O) groups excluding carboxylic acids is 1. The summed E-state index contributed by atoms with van der Waals surface area (Å²) in [6, 6.07) is 4.08. The van der Waals surface area contributed by atoms with E-state index in [-0.39, 0.29) is 11.3 Å². The van der Waals surface area contributed by atoms with Crippen molar-refractivity contribution in [2.75, 3.05) is 16.8 Å². The number of nitrogens with one attached hydrogen (secondary N) is 1. The van der Waals surface area contributed by atoms with E-state index in [1.165, 1.54) is 0 Å². The Kier molecular flexibility index (Phi) is 4.78. The lowest BCUT2D eigenvalue weighted by Crippen LogP contribution is -2.21. The molecule has 0 aromatic carbocycles. The van der Waals surface area contributed by atoms with Crippen LogP contribution in [0.15, 0.2) is 16.7 Å². The third-order valence-corrected chi connectivity index (χ3v) is 4.50. The van der Waals surface area contributed by atoms with E-state index in [9.17, 15) is 4.79 Å². The number of pyridine rings is 1. The SMILES string of the molecule is Cc1cc(CN2C[C@@H](C)c3nc(NC(=O)CC(C)(C)C)c(C)cc32)on1. The number of nitrogens with zero attached hydrogens (tertiary/aromatic N) is 3. The molecule has 0 bridgehead atoms. The number of carbonyl (C=O) groups is 1. The fourth-order valence-electron chi connectivity index (χ4n) is 3.36. The number of anilines is 2. The largest absolute Gasteiger partial charge is 0.362 e. The van der Waals surface area contributed by atoms with Crippen molar-refractivity contribution in [1.82, 2.24) is 10.1 Å². The molecule has 6 heteroatoms. The highest BCUT2D eigenvalue weighted by Gasteiger charge is 2.29. The van der Waals surface area contributed by atoms with Crippen LogP contribution in [0.25, 0.3) is 0 Å². The number of aromatic nitrogens is 2. The maximum Gasteiger partial charge on any atom is 0.226 e. The first kappa shape index (κ1) is 18.4. The lowest BCUT2D eigenvalue weighted by atomic mass is 9.92. The quantitative estimate of drug-likeness (QED) is 0.889. The van der Waals surface area contributed by atoms with E-state index in [1.54, 1.807) is 0 Å². The standard InChI is InChI=1S/C20H28N4O2/c1-12-7-16-18(22-19(12)21-17(25)9-20(4,5)6)13(2)10-24(16)11-15-8-14(3)23-26-15/h7-8,13H,9-11H2,1-6H3,(H,21,22,25)/t13-/m1/s1. The van der Waals surface area contributed by atoms with E-state index in [4.69, 9.17) is 9.51 Å². The molecule has 0 spiro atoms. The average Bonchev–Trinajstić information content (AvgIpc) is 3.03. The van der Waals surface area contributed by atoms with Crippen molar-refractivity contribution >= 4 is 17.4 Å². The molecule has 0 saturated carbocycles. The van der Waals surface area contributed by atoms with Crippen LogP contribution in [0.3, 0.4) is 0 Å². The molecule has 0 aliphatic carbocycles. The molecule has 3 rings (SSSR count). The van der Waals surface area contributed by atoms with Crippen molar-refractivity contribution in [3.8, 4) is 0 Å². The molecular formula is C20H28N4O2. The summed E-state index contributed by atoms with van der Waals surface area (Å²) in [4.78, 5) is 19.3. The van der Waals surface area contributed by atoms with Crippen LogP contribution in [0.1, 0.15) is 62.7 Å². The van der Waals surface area contributed by atoms with E-state index in [2.05, 4.69) is 49.1 Å². The monoisotopic (exact) mass is 356 g/mol. The molecule has 0 fully saturated rings. The summed E-state index contributed by atoms with van der Waals surface area (Å²) < 4.78 is 5.36. The van der Waals surface area contributed by atoms with Crippen LogP contribution in [-0.4, -0.2) is 22.6 Å². The van der Waals surface area contributed by atoms with Gasteiger partial charge in [-0.1, -0.05) is 32.9 Å². The average molecular weight is 356 g/mol. The predicted octanol–water partition coefficient (Wildman–Crippen LogP) is 4.18. The number of aryl methyl sites for hydroxylation is 2. The number of hydrogen-bond donors (Lipinski definition) is 1. The Morgan fingerprint density at radius 1 is 1.35 bits per heavy atom. The Hall–Kier alpha value is -2.37. The lowest BCUT2D eigenvalue weighted by Gasteiger charge is -2.19. The summed E-state index contributed by atoms with van der Waals surface area (Å²) in [5, 5.41) is 6.95. The number of amides is 1. The molecule has 2 aromatic rings. The van der Waals surface area contributed by atoms with Crippen LogP contribution in [0.4, 0.5) is 11.5 Å². The highest BCUT2D eigenvalue weighted by molar-refractivity contribution is 5.91. The van der Waals surface area contributed by atoms with Gasteiger partial charge in [-0.3, -0.25) is 4.79 Å². The van der Waals surface area contributed by atoms with E-state index in [1.807, 2.05) is 19.9 Å². The Bertz CT molecular complexity index is 820. The summed E-state index contributed by atoms with van der Waals surface area (Å²) in [6.07, 6.45) is 0.470. The Balaban J connectivity index is 1.81. The van der Waals surface area contributed by atoms with Gasteiger partial charge in [0, 0.05) is 24.9 Å². The van der Waals surface area contributed by atoms with Crippen molar-refractivity contribution in [2.45, 2.75) is 60.4 Å². The van der Waals surface area contributed by atoms with Gasteiger partial charge in [-0.2, -0.15) is 0 Å². The fraction of sp³-hybridized carbons (Fsp3) is 0.550. The first-order valence-corrected chi connectivity index (χ1v) is 9.11. The minimum Gasteiger partial charge on any atom is -0.362 e. The minimum absolute atomic E-state index is 0.00712. The third kappa shape index (κ3) is 4.06. The Morgan fingerprint density at radius 3 is 2.69 bits per heavy atom. The molecule has 2 aromatic heterocycles. The van der Waals surface area contributed by atoms with E-state index >= 15 is 0 Å². The van der Waals surface area contributed by atoms with Gasteiger partial charge in [-0.25, -0.2) is 4.98 Å². The van der Waals surface area contributed by atoms with Gasteiger partial charge in [0.1, 0.15) is 5.82 Å². The van der Waals surface area contributed by atoms with Crippen molar-refractivity contribution in [1.29, 1.82) is 0 Å². The van der Waals surface area contributed by atoms with E-state index < -0.39 is 0 Å².